The summed E-state index contributed by atoms with van der Waals surface area (Å²) >= 11 is 0. The Morgan fingerprint density at radius 3 is 2.48 bits per heavy atom. The molecular formula is C21H33N3O3+2. The van der Waals surface area contributed by atoms with Crippen LogP contribution in [-0.2, 0) is 20.9 Å². The summed E-state index contributed by atoms with van der Waals surface area (Å²) in [7, 11) is 0. The minimum Gasteiger partial charge on any atom is -0.466 e. The van der Waals surface area contributed by atoms with Crippen molar-refractivity contribution in [3.8, 4) is 0 Å². The number of hydrogen-bond donors (Lipinski definition) is 3. The van der Waals surface area contributed by atoms with Gasteiger partial charge in [0, 0.05) is 24.8 Å². The van der Waals surface area contributed by atoms with Gasteiger partial charge in [0.2, 0.25) is 0 Å². The average molecular weight is 376 g/mol. The molecule has 27 heavy (non-hydrogen) atoms. The Morgan fingerprint density at radius 1 is 1.07 bits per heavy atom. The highest BCUT2D eigenvalue weighted by atomic mass is 16.5. The molecule has 0 saturated carbocycles. The number of quaternary nitrogens is 2. The van der Waals surface area contributed by atoms with Crippen molar-refractivity contribution in [3.63, 3.8) is 0 Å². The van der Waals surface area contributed by atoms with Crippen molar-refractivity contribution in [2.45, 2.75) is 38.8 Å². The zero-order chi connectivity index (χ0) is 19.1. The number of amides is 1. The second-order valence-electron chi connectivity index (χ2n) is 7.87. The number of nitrogens with one attached hydrogen (secondary N) is 3. The monoisotopic (exact) mass is 375 g/mol. The van der Waals surface area contributed by atoms with E-state index in [0.29, 0.717) is 13.2 Å². The molecule has 2 fully saturated rings. The normalized spacial score (nSPS) is 27.9. The highest BCUT2D eigenvalue weighted by molar-refractivity contribution is 5.77. The number of carbonyl (C=O) groups is 2. The summed E-state index contributed by atoms with van der Waals surface area (Å²) in [5.41, 5.74) is 1.35. The number of hydrogen-bond acceptors (Lipinski definition) is 3. The Labute approximate surface area is 161 Å². The van der Waals surface area contributed by atoms with E-state index in [-0.39, 0.29) is 23.8 Å². The molecule has 0 radical (unpaired) electrons. The number of piperidine rings is 1. The van der Waals surface area contributed by atoms with Gasteiger partial charge in [-0.1, -0.05) is 30.3 Å². The van der Waals surface area contributed by atoms with Crippen LogP contribution in [0.3, 0.4) is 0 Å². The number of rotatable bonds is 7. The molecule has 6 nitrogen and oxygen atoms in total. The lowest BCUT2D eigenvalue weighted by molar-refractivity contribution is -0.902. The molecule has 1 aromatic carbocycles. The lowest BCUT2D eigenvalue weighted by Crippen LogP contribution is -3.14. The van der Waals surface area contributed by atoms with Gasteiger partial charge in [0.15, 0.2) is 6.54 Å². The molecule has 3 rings (SSSR count). The first kappa shape index (κ1) is 19.8. The Bertz CT molecular complexity index is 614. The third-order valence-corrected chi connectivity index (χ3v) is 5.77. The van der Waals surface area contributed by atoms with Crippen molar-refractivity contribution in [2.75, 3.05) is 39.3 Å². The maximum atomic E-state index is 12.4. The number of likely N-dealkylation sites (tertiary alicyclic amines) is 2. The summed E-state index contributed by atoms with van der Waals surface area (Å²) in [5, 5.41) is 3.22. The molecule has 0 spiro atoms. The molecule has 1 amide bonds. The highest BCUT2D eigenvalue weighted by Gasteiger charge is 2.31. The molecule has 0 aliphatic carbocycles. The summed E-state index contributed by atoms with van der Waals surface area (Å²) in [4.78, 5) is 27.0. The maximum Gasteiger partial charge on any atom is 0.309 e. The van der Waals surface area contributed by atoms with Crippen molar-refractivity contribution in [2.24, 2.45) is 5.92 Å². The van der Waals surface area contributed by atoms with Gasteiger partial charge in [0.1, 0.15) is 6.54 Å². The summed E-state index contributed by atoms with van der Waals surface area (Å²) in [6.45, 7) is 7.67. The van der Waals surface area contributed by atoms with Gasteiger partial charge in [-0.25, -0.2) is 0 Å². The Balaban J connectivity index is 1.35. The molecule has 6 heteroatoms. The van der Waals surface area contributed by atoms with E-state index in [0.717, 1.165) is 52.0 Å². The molecule has 0 bridgehead atoms. The van der Waals surface area contributed by atoms with Crippen LogP contribution in [0.2, 0.25) is 0 Å². The van der Waals surface area contributed by atoms with Crippen molar-refractivity contribution < 1.29 is 24.1 Å². The van der Waals surface area contributed by atoms with Crippen LogP contribution in [-0.4, -0.2) is 57.2 Å². The second-order valence-corrected chi connectivity index (χ2v) is 7.87. The molecule has 1 aromatic rings. The van der Waals surface area contributed by atoms with Gasteiger partial charge in [-0.15, -0.1) is 0 Å². The van der Waals surface area contributed by atoms with Crippen LogP contribution in [0.5, 0.6) is 0 Å². The van der Waals surface area contributed by atoms with Crippen LogP contribution in [0.4, 0.5) is 0 Å². The molecule has 148 valence electrons. The lowest BCUT2D eigenvalue weighted by atomic mass is 9.97. The third-order valence-electron chi connectivity index (χ3n) is 5.77. The van der Waals surface area contributed by atoms with Crippen molar-refractivity contribution >= 4 is 11.9 Å². The minimum atomic E-state index is -0.0755. The quantitative estimate of drug-likeness (QED) is 0.526. The first-order chi connectivity index (χ1) is 13.1. The number of esters is 1. The topological polar surface area (TPSA) is 64.3 Å². The molecule has 2 saturated heterocycles. The van der Waals surface area contributed by atoms with Gasteiger partial charge >= 0.3 is 5.97 Å². The third kappa shape index (κ3) is 6.04. The maximum absolute atomic E-state index is 12.4. The zero-order valence-electron chi connectivity index (χ0n) is 16.3. The van der Waals surface area contributed by atoms with E-state index in [1.54, 1.807) is 0 Å². The Hall–Kier alpha value is -1.92. The molecule has 3 N–H and O–H groups in total. The SMILES string of the molecule is CCOC(=O)C1CC[NH+](CC(=O)N[C@H]2CC[NH+](Cc3ccccc3)C2)CC1. The van der Waals surface area contributed by atoms with Crippen LogP contribution >= 0.6 is 0 Å². The van der Waals surface area contributed by atoms with E-state index in [2.05, 4.69) is 29.6 Å². The van der Waals surface area contributed by atoms with E-state index in [4.69, 9.17) is 4.74 Å². The van der Waals surface area contributed by atoms with E-state index >= 15 is 0 Å². The predicted molar refractivity (Wildman–Crippen MR) is 102 cm³/mol. The van der Waals surface area contributed by atoms with E-state index in [9.17, 15) is 9.59 Å². The van der Waals surface area contributed by atoms with Gasteiger partial charge in [0.25, 0.3) is 5.91 Å². The van der Waals surface area contributed by atoms with Crippen LogP contribution in [0.15, 0.2) is 30.3 Å². The fourth-order valence-electron chi connectivity index (χ4n) is 4.30. The fraction of sp³-hybridized carbons (Fsp3) is 0.619. The molecular weight excluding hydrogens is 342 g/mol. The number of carbonyl (C=O) groups excluding carboxylic acids is 2. The smallest absolute Gasteiger partial charge is 0.309 e. The molecule has 2 aliphatic heterocycles. The van der Waals surface area contributed by atoms with Gasteiger partial charge < -0.3 is 19.9 Å². The van der Waals surface area contributed by atoms with E-state index < -0.39 is 0 Å². The molecule has 2 atom stereocenters. The minimum absolute atomic E-state index is 0.0155. The Morgan fingerprint density at radius 2 is 1.78 bits per heavy atom. The zero-order valence-corrected chi connectivity index (χ0v) is 16.3. The summed E-state index contributed by atoms with van der Waals surface area (Å²) in [6.07, 6.45) is 2.69. The van der Waals surface area contributed by atoms with Crippen LogP contribution in [0.25, 0.3) is 0 Å². The van der Waals surface area contributed by atoms with Crippen LogP contribution < -0.4 is 15.1 Å². The van der Waals surface area contributed by atoms with Crippen molar-refractivity contribution in [1.82, 2.24) is 5.32 Å². The summed E-state index contributed by atoms with van der Waals surface area (Å²) in [5.74, 6) is 0.0840. The fourth-order valence-corrected chi connectivity index (χ4v) is 4.30. The number of benzene rings is 1. The second kappa shape index (κ2) is 9.85. The highest BCUT2D eigenvalue weighted by Crippen LogP contribution is 2.11. The van der Waals surface area contributed by atoms with Crippen molar-refractivity contribution in [3.05, 3.63) is 35.9 Å². The molecule has 0 aromatic heterocycles. The van der Waals surface area contributed by atoms with Gasteiger partial charge in [0.05, 0.1) is 44.7 Å². The predicted octanol–water partition coefficient (Wildman–Crippen LogP) is -1.18. The van der Waals surface area contributed by atoms with E-state index in [1.165, 1.54) is 15.4 Å². The van der Waals surface area contributed by atoms with Gasteiger partial charge in [-0.05, 0) is 6.92 Å². The molecule has 2 aliphatic rings. The van der Waals surface area contributed by atoms with Gasteiger partial charge in [-0.2, -0.15) is 0 Å². The first-order valence-electron chi connectivity index (χ1n) is 10.3. The Kier molecular flexibility index (Phi) is 7.24. The summed E-state index contributed by atoms with van der Waals surface area (Å²) < 4.78 is 5.11. The van der Waals surface area contributed by atoms with Crippen molar-refractivity contribution in [1.29, 1.82) is 0 Å². The first-order valence-corrected chi connectivity index (χ1v) is 10.3. The van der Waals surface area contributed by atoms with Crippen LogP contribution in [0.1, 0.15) is 31.7 Å². The number of ether oxygens (including phenoxy) is 1. The molecule has 2 heterocycles. The lowest BCUT2D eigenvalue weighted by Gasteiger charge is -2.27. The standard InChI is InChI=1S/C21H31N3O3/c1-2-27-21(26)18-8-11-23(12-9-18)16-20(25)22-19-10-13-24(15-19)14-17-6-4-3-5-7-17/h3-7,18-19H,2,8-16H2,1H3,(H,22,25)/p+2/t19-/m0/s1. The van der Waals surface area contributed by atoms with Gasteiger partial charge in [-0.3, -0.25) is 9.59 Å². The average Bonchev–Trinajstić information content (AvgIpc) is 3.10. The largest absolute Gasteiger partial charge is 0.466 e. The summed E-state index contributed by atoms with van der Waals surface area (Å²) in [6, 6.07) is 10.8. The van der Waals surface area contributed by atoms with Crippen LogP contribution in [0, 0.1) is 5.92 Å². The molecule has 1 unspecified atom stereocenters. The van der Waals surface area contributed by atoms with E-state index in [1.807, 2.05) is 13.0 Å².